The van der Waals surface area contributed by atoms with E-state index in [9.17, 15) is 4.79 Å². The van der Waals surface area contributed by atoms with Gasteiger partial charge in [0.1, 0.15) is 6.33 Å². The summed E-state index contributed by atoms with van der Waals surface area (Å²) < 4.78 is 0. The van der Waals surface area contributed by atoms with Gasteiger partial charge in [-0.25, -0.2) is 9.97 Å². The standard InChI is InChI=1S/C13H20N4OS/c1-10(19)17-5-3-13(2,4-6-17)16-12(18)11-7-14-9-15-8-11/h7-10,19H,3-6H2,1-2H3,(H,16,18). The van der Waals surface area contributed by atoms with Crippen LogP contribution in [0.3, 0.4) is 0 Å². The maximum absolute atomic E-state index is 12.1. The van der Waals surface area contributed by atoms with Crippen LogP contribution in [0, 0.1) is 0 Å². The number of likely N-dealkylation sites (tertiary alicyclic amines) is 1. The highest BCUT2D eigenvalue weighted by molar-refractivity contribution is 7.80. The Labute approximate surface area is 119 Å². The molecule has 1 saturated heterocycles. The van der Waals surface area contributed by atoms with E-state index >= 15 is 0 Å². The predicted octanol–water partition coefficient (Wildman–Crippen LogP) is 1.34. The van der Waals surface area contributed by atoms with Crippen LogP contribution in [0.15, 0.2) is 18.7 Å². The Kier molecular flexibility index (Phi) is 4.42. The number of piperidine rings is 1. The number of aromatic nitrogens is 2. The zero-order valence-corrected chi connectivity index (χ0v) is 12.2. The third-order valence-corrected chi connectivity index (χ3v) is 3.99. The number of nitrogens with one attached hydrogen (secondary N) is 1. The molecule has 1 amide bonds. The molecule has 1 aromatic heterocycles. The van der Waals surface area contributed by atoms with Gasteiger partial charge >= 0.3 is 0 Å². The molecule has 1 aromatic rings. The van der Waals surface area contributed by atoms with Crippen LogP contribution >= 0.6 is 12.6 Å². The first kappa shape index (κ1) is 14.3. The van der Waals surface area contributed by atoms with Crippen LogP contribution in [0.4, 0.5) is 0 Å². The Hall–Kier alpha value is -1.14. The highest BCUT2D eigenvalue weighted by atomic mass is 32.1. The normalized spacial score (nSPS) is 20.8. The molecule has 1 unspecified atom stereocenters. The van der Waals surface area contributed by atoms with Crippen LogP contribution in [-0.4, -0.2) is 44.8 Å². The van der Waals surface area contributed by atoms with Gasteiger partial charge in [0.25, 0.3) is 5.91 Å². The van der Waals surface area contributed by atoms with Crippen LogP contribution in [0.25, 0.3) is 0 Å². The fourth-order valence-corrected chi connectivity index (χ4v) is 2.51. The molecule has 1 aliphatic heterocycles. The zero-order chi connectivity index (χ0) is 13.9. The lowest BCUT2D eigenvalue weighted by Crippen LogP contribution is -2.54. The summed E-state index contributed by atoms with van der Waals surface area (Å²) in [7, 11) is 0. The van der Waals surface area contributed by atoms with Crippen molar-refractivity contribution >= 4 is 18.5 Å². The van der Waals surface area contributed by atoms with Crippen LogP contribution in [0.2, 0.25) is 0 Å². The van der Waals surface area contributed by atoms with Crippen LogP contribution in [0.1, 0.15) is 37.0 Å². The van der Waals surface area contributed by atoms with Crippen molar-refractivity contribution in [2.45, 2.75) is 37.6 Å². The summed E-state index contributed by atoms with van der Waals surface area (Å²) in [6.45, 7) is 6.07. The lowest BCUT2D eigenvalue weighted by atomic mass is 9.89. The van der Waals surface area contributed by atoms with Crippen LogP contribution < -0.4 is 5.32 Å². The summed E-state index contributed by atoms with van der Waals surface area (Å²) >= 11 is 4.45. The number of carbonyl (C=O) groups excluding carboxylic acids is 1. The Morgan fingerprint density at radius 1 is 1.42 bits per heavy atom. The molecule has 1 fully saturated rings. The third-order valence-electron chi connectivity index (χ3n) is 3.67. The smallest absolute Gasteiger partial charge is 0.254 e. The molecular weight excluding hydrogens is 260 g/mol. The number of amides is 1. The molecular formula is C13H20N4OS. The van der Waals surface area contributed by atoms with Gasteiger partial charge in [-0.1, -0.05) is 0 Å². The molecule has 1 aliphatic rings. The first-order chi connectivity index (χ1) is 9.00. The van der Waals surface area contributed by atoms with Crippen molar-refractivity contribution < 1.29 is 4.79 Å². The molecule has 0 aliphatic carbocycles. The van der Waals surface area contributed by atoms with E-state index < -0.39 is 0 Å². The predicted molar refractivity (Wildman–Crippen MR) is 77.2 cm³/mol. The minimum atomic E-state index is -0.161. The van der Waals surface area contributed by atoms with E-state index in [0.29, 0.717) is 5.56 Å². The average Bonchev–Trinajstić information content (AvgIpc) is 2.40. The van der Waals surface area contributed by atoms with Gasteiger partial charge in [-0.05, 0) is 26.7 Å². The number of nitrogens with zero attached hydrogens (tertiary/aromatic N) is 3. The fraction of sp³-hybridized carbons (Fsp3) is 0.615. The number of thiol groups is 1. The number of hydrogen-bond acceptors (Lipinski definition) is 5. The molecule has 104 valence electrons. The van der Waals surface area contributed by atoms with Crippen molar-refractivity contribution in [1.29, 1.82) is 0 Å². The van der Waals surface area contributed by atoms with Crippen molar-refractivity contribution in [3.05, 3.63) is 24.3 Å². The first-order valence-electron chi connectivity index (χ1n) is 6.50. The molecule has 19 heavy (non-hydrogen) atoms. The van der Waals surface area contributed by atoms with Gasteiger partial charge in [-0.2, -0.15) is 12.6 Å². The second kappa shape index (κ2) is 5.88. The summed E-state index contributed by atoms with van der Waals surface area (Å²) in [5, 5.41) is 3.37. The maximum Gasteiger partial charge on any atom is 0.254 e. The maximum atomic E-state index is 12.1. The van der Waals surface area contributed by atoms with Gasteiger partial charge in [0.2, 0.25) is 0 Å². The molecule has 6 heteroatoms. The largest absolute Gasteiger partial charge is 0.347 e. The van der Waals surface area contributed by atoms with Crippen molar-refractivity contribution in [1.82, 2.24) is 20.2 Å². The Bertz CT molecular complexity index is 430. The van der Waals surface area contributed by atoms with E-state index in [4.69, 9.17) is 0 Å². The molecule has 2 rings (SSSR count). The number of rotatable bonds is 3. The second-order valence-electron chi connectivity index (χ2n) is 5.31. The monoisotopic (exact) mass is 280 g/mol. The van der Waals surface area contributed by atoms with Crippen molar-refractivity contribution in [2.24, 2.45) is 0 Å². The molecule has 1 atom stereocenters. The van der Waals surface area contributed by atoms with E-state index in [2.05, 4.69) is 46.7 Å². The quantitative estimate of drug-likeness (QED) is 0.820. The van der Waals surface area contributed by atoms with E-state index in [1.807, 2.05) is 0 Å². The van der Waals surface area contributed by atoms with Crippen LogP contribution in [-0.2, 0) is 0 Å². The molecule has 2 heterocycles. The molecule has 0 radical (unpaired) electrons. The first-order valence-corrected chi connectivity index (χ1v) is 7.01. The van der Waals surface area contributed by atoms with Gasteiger partial charge in [-0.15, -0.1) is 0 Å². The van der Waals surface area contributed by atoms with Gasteiger partial charge in [-0.3, -0.25) is 9.69 Å². The number of hydrogen-bond donors (Lipinski definition) is 2. The van der Waals surface area contributed by atoms with E-state index in [-0.39, 0.29) is 16.8 Å². The van der Waals surface area contributed by atoms with E-state index in [0.717, 1.165) is 25.9 Å². The topological polar surface area (TPSA) is 58.1 Å². The van der Waals surface area contributed by atoms with E-state index in [1.165, 1.54) is 18.7 Å². The summed E-state index contributed by atoms with van der Waals surface area (Å²) in [6.07, 6.45) is 6.35. The SMILES string of the molecule is CC(S)N1CCC(C)(NC(=O)c2cncnc2)CC1. The van der Waals surface area contributed by atoms with Crippen molar-refractivity contribution in [3.63, 3.8) is 0 Å². The van der Waals surface area contributed by atoms with Crippen LogP contribution in [0.5, 0.6) is 0 Å². The fourth-order valence-electron chi connectivity index (χ4n) is 2.28. The Morgan fingerprint density at radius 2 is 2.00 bits per heavy atom. The highest BCUT2D eigenvalue weighted by Crippen LogP contribution is 2.24. The molecule has 0 saturated carbocycles. The minimum absolute atomic E-state index is 0.101. The lowest BCUT2D eigenvalue weighted by molar-refractivity contribution is 0.0830. The van der Waals surface area contributed by atoms with Crippen molar-refractivity contribution in [3.8, 4) is 0 Å². The summed E-state index contributed by atoms with van der Waals surface area (Å²) in [4.78, 5) is 22.2. The van der Waals surface area contributed by atoms with E-state index in [1.54, 1.807) is 0 Å². The molecule has 0 bridgehead atoms. The third kappa shape index (κ3) is 3.67. The Morgan fingerprint density at radius 3 is 2.53 bits per heavy atom. The molecule has 5 nitrogen and oxygen atoms in total. The van der Waals surface area contributed by atoms with Gasteiger partial charge in [0.15, 0.2) is 0 Å². The summed E-state index contributed by atoms with van der Waals surface area (Å²) in [5.41, 5.74) is 0.347. The number of carbonyl (C=O) groups is 1. The van der Waals surface area contributed by atoms with Gasteiger partial charge < -0.3 is 5.32 Å². The molecule has 0 spiro atoms. The zero-order valence-electron chi connectivity index (χ0n) is 11.3. The van der Waals surface area contributed by atoms with Gasteiger partial charge in [0, 0.05) is 36.4 Å². The second-order valence-corrected chi connectivity index (χ2v) is 6.06. The highest BCUT2D eigenvalue weighted by Gasteiger charge is 2.32. The summed E-state index contributed by atoms with van der Waals surface area (Å²) in [6, 6.07) is 0. The molecule has 1 N–H and O–H groups in total. The van der Waals surface area contributed by atoms with Gasteiger partial charge in [0.05, 0.1) is 5.56 Å². The minimum Gasteiger partial charge on any atom is -0.347 e. The Balaban J connectivity index is 1.94. The molecule has 0 aromatic carbocycles. The summed E-state index contributed by atoms with van der Waals surface area (Å²) in [5.74, 6) is -0.101. The lowest BCUT2D eigenvalue weighted by Gasteiger charge is -2.41. The average molecular weight is 280 g/mol. The van der Waals surface area contributed by atoms with Crippen molar-refractivity contribution in [2.75, 3.05) is 13.1 Å².